The van der Waals surface area contributed by atoms with Crippen molar-refractivity contribution in [1.82, 2.24) is 15.1 Å². The largest absolute Gasteiger partial charge is 0.486 e. The van der Waals surface area contributed by atoms with Gasteiger partial charge in [0.1, 0.15) is 6.10 Å². The molecule has 4 nitrogen and oxygen atoms in total. The van der Waals surface area contributed by atoms with E-state index in [0.717, 1.165) is 38.2 Å². The molecule has 0 radical (unpaired) electrons. The first-order valence-electron chi connectivity index (χ1n) is 6.19. The summed E-state index contributed by atoms with van der Waals surface area (Å²) < 4.78 is 7.77. The van der Waals surface area contributed by atoms with Gasteiger partial charge in [-0.2, -0.15) is 5.10 Å². The van der Waals surface area contributed by atoms with Crippen molar-refractivity contribution in [2.45, 2.75) is 46.3 Å². The summed E-state index contributed by atoms with van der Waals surface area (Å²) >= 11 is 0. The van der Waals surface area contributed by atoms with Gasteiger partial charge in [0.05, 0.1) is 12.4 Å². The lowest BCUT2D eigenvalue weighted by Crippen LogP contribution is -2.30. The molecule has 0 saturated carbocycles. The van der Waals surface area contributed by atoms with Crippen LogP contribution >= 0.6 is 0 Å². The van der Waals surface area contributed by atoms with Crippen LogP contribution in [0.3, 0.4) is 0 Å². The number of hydrogen-bond donors (Lipinski definition) is 1. The van der Waals surface area contributed by atoms with Gasteiger partial charge in [-0.15, -0.1) is 0 Å². The first kappa shape index (κ1) is 13.0. The summed E-state index contributed by atoms with van der Waals surface area (Å²) in [6.07, 6.45) is 6.10. The molecule has 0 aliphatic carbocycles. The number of hydrogen-bond acceptors (Lipinski definition) is 3. The van der Waals surface area contributed by atoms with E-state index in [-0.39, 0.29) is 6.10 Å². The molecule has 92 valence electrons. The molecule has 1 aromatic rings. The monoisotopic (exact) mass is 225 g/mol. The standard InChI is InChI=1S/C12H23N3O/c1-4-7-15-10-12(9-14-15)16-11(5-2)8-13-6-3/h9-11,13H,4-8H2,1-3H3. The molecule has 0 saturated heterocycles. The Morgan fingerprint density at radius 2 is 2.25 bits per heavy atom. The maximum Gasteiger partial charge on any atom is 0.157 e. The van der Waals surface area contributed by atoms with Gasteiger partial charge in [0.25, 0.3) is 0 Å². The summed E-state index contributed by atoms with van der Waals surface area (Å²) in [5, 5.41) is 7.54. The van der Waals surface area contributed by atoms with Crippen molar-refractivity contribution in [2.75, 3.05) is 13.1 Å². The fourth-order valence-corrected chi connectivity index (χ4v) is 1.52. The number of likely N-dealkylation sites (N-methyl/N-ethyl adjacent to an activating group) is 1. The molecular formula is C12H23N3O. The second kappa shape index (κ2) is 7.28. The van der Waals surface area contributed by atoms with E-state index in [0.29, 0.717) is 0 Å². The molecular weight excluding hydrogens is 202 g/mol. The topological polar surface area (TPSA) is 39.1 Å². The van der Waals surface area contributed by atoms with E-state index < -0.39 is 0 Å². The van der Waals surface area contributed by atoms with Gasteiger partial charge in [-0.3, -0.25) is 4.68 Å². The summed E-state index contributed by atoms with van der Waals surface area (Å²) in [6, 6.07) is 0. The number of rotatable bonds is 8. The van der Waals surface area contributed by atoms with Crippen molar-refractivity contribution in [3.8, 4) is 5.75 Å². The molecule has 0 aromatic carbocycles. The molecule has 0 aliphatic heterocycles. The lowest BCUT2D eigenvalue weighted by atomic mass is 10.3. The van der Waals surface area contributed by atoms with Gasteiger partial charge in [-0.25, -0.2) is 0 Å². The van der Waals surface area contributed by atoms with E-state index in [4.69, 9.17) is 4.74 Å². The minimum atomic E-state index is 0.235. The fourth-order valence-electron chi connectivity index (χ4n) is 1.52. The highest BCUT2D eigenvalue weighted by molar-refractivity contribution is 5.12. The van der Waals surface area contributed by atoms with Crippen molar-refractivity contribution >= 4 is 0 Å². The maximum atomic E-state index is 5.85. The molecule has 0 bridgehead atoms. The van der Waals surface area contributed by atoms with Crippen molar-refractivity contribution in [3.63, 3.8) is 0 Å². The van der Waals surface area contributed by atoms with Crippen molar-refractivity contribution in [2.24, 2.45) is 0 Å². The Balaban J connectivity index is 2.43. The second-order valence-corrected chi connectivity index (χ2v) is 3.89. The van der Waals surface area contributed by atoms with E-state index in [2.05, 4.69) is 31.2 Å². The number of aryl methyl sites for hydroxylation is 1. The predicted octanol–water partition coefficient (Wildman–Crippen LogP) is 2.06. The van der Waals surface area contributed by atoms with Crippen LogP contribution in [-0.4, -0.2) is 29.0 Å². The third-order valence-electron chi connectivity index (χ3n) is 2.44. The number of nitrogens with zero attached hydrogens (tertiary/aromatic N) is 2. The minimum Gasteiger partial charge on any atom is -0.486 e. The van der Waals surface area contributed by atoms with Crippen LogP contribution in [0.5, 0.6) is 5.75 Å². The number of aromatic nitrogens is 2. The van der Waals surface area contributed by atoms with E-state index in [9.17, 15) is 0 Å². The van der Waals surface area contributed by atoms with Gasteiger partial charge >= 0.3 is 0 Å². The highest BCUT2D eigenvalue weighted by Crippen LogP contribution is 2.12. The number of ether oxygens (including phenoxy) is 1. The van der Waals surface area contributed by atoms with Crippen LogP contribution < -0.4 is 10.1 Å². The van der Waals surface area contributed by atoms with Crippen LogP contribution in [0.2, 0.25) is 0 Å². The Morgan fingerprint density at radius 1 is 1.44 bits per heavy atom. The van der Waals surface area contributed by atoms with E-state index in [1.54, 1.807) is 6.20 Å². The van der Waals surface area contributed by atoms with Gasteiger partial charge in [-0.05, 0) is 19.4 Å². The summed E-state index contributed by atoms with van der Waals surface area (Å²) in [5.41, 5.74) is 0. The highest BCUT2D eigenvalue weighted by atomic mass is 16.5. The van der Waals surface area contributed by atoms with Gasteiger partial charge in [0, 0.05) is 13.1 Å². The van der Waals surface area contributed by atoms with E-state index in [1.165, 1.54) is 0 Å². The molecule has 1 heterocycles. The van der Waals surface area contributed by atoms with Crippen LogP contribution in [0, 0.1) is 0 Å². The summed E-state index contributed by atoms with van der Waals surface area (Å²) in [7, 11) is 0. The quantitative estimate of drug-likeness (QED) is 0.736. The van der Waals surface area contributed by atoms with Crippen LogP contribution in [0.4, 0.5) is 0 Å². The summed E-state index contributed by atoms with van der Waals surface area (Å²) in [5.74, 6) is 0.873. The Kier molecular flexibility index (Phi) is 5.93. The molecule has 0 spiro atoms. The Hall–Kier alpha value is -1.03. The molecule has 0 aliphatic rings. The molecule has 1 N–H and O–H groups in total. The molecule has 16 heavy (non-hydrogen) atoms. The second-order valence-electron chi connectivity index (χ2n) is 3.89. The first-order valence-corrected chi connectivity index (χ1v) is 6.19. The van der Waals surface area contributed by atoms with Crippen LogP contribution in [0.15, 0.2) is 12.4 Å². The molecule has 0 amide bonds. The molecule has 0 fully saturated rings. The van der Waals surface area contributed by atoms with Gasteiger partial charge in [0.15, 0.2) is 5.75 Å². The van der Waals surface area contributed by atoms with Crippen molar-refractivity contribution in [3.05, 3.63) is 12.4 Å². The Morgan fingerprint density at radius 3 is 2.88 bits per heavy atom. The summed E-state index contributed by atoms with van der Waals surface area (Å²) in [4.78, 5) is 0. The first-order chi connectivity index (χ1) is 7.80. The molecule has 1 unspecified atom stereocenters. The average molecular weight is 225 g/mol. The van der Waals surface area contributed by atoms with Gasteiger partial charge in [0.2, 0.25) is 0 Å². The fraction of sp³-hybridized carbons (Fsp3) is 0.750. The highest BCUT2D eigenvalue weighted by Gasteiger charge is 2.08. The third-order valence-corrected chi connectivity index (χ3v) is 2.44. The SMILES string of the molecule is CCCn1cc(OC(CC)CNCC)cn1. The Labute approximate surface area is 98.0 Å². The number of nitrogens with one attached hydrogen (secondary N) is 1. The predicted molar refractivity (Wildman–Crippen MR) is 65.8 cm³/mol. The van der Waals surface area contributed by atoms with Crippen LogP contribution in [-0.2, 0) is 6.54 Å². The molecule has 1 aromatic heterocycles. The maximum absolute atomic E-state index is 5.85. The molecule has 4 heteroatoms. The van der Waals surface area contributed by atoms with Crippen LogP contribution in [0.1, 0.15) is 33.6 Å². The van der Waals surface area contributed by atoms with Gasteiger partial charge < -0.3 is 10.1 Å². The van der Waals surface area contributed by atoms with Crippen molar-refractivity contribution in [1.29, 1.82) is 0 Å². The zero-order valence-corrected chi connectivity index (χ0v) is 10.6. The molecule has 1 rings (SSSR count). The Bertz CT molecular complexity index is 286. The normalized spacial score (nSPS) is 12.7. The zero-order chi connectivity index (χ0) is 11.8. The molecule has 1 atom stereocenters. The van der Waals surface area contributed by atoms with E-state index >= 15 is 0 Å². The van der Waals surface area contributed by atoms with Gasteiger partial charge in [-0.1, -0.05) is 20.8 Å². The zero-order valence-electron chi connectivity index (χ0n) is 10.6. The minimum absolute atomic E-state index is 0.235. The average Bonchev–Trinajstić information content (AvgIpc) is 2.72. The van der Waals surface area contributed by atoms with Crippen molar-refractivity contribution < 1.29 is 4.74 Å². The smallest absolute Gasteiger partial charge is 0.157 e. The van der Waals surface area contributed by atoms with Crippen LogP contribution in [0.25, 0.3) is 0 Å². The third kappa shape index (κ3) is 4.23. The lowest BCUT2D eigenvalue weighted by molar-refractivity contribution is 0.194. The summed E-state index contributed by atoms with van der Waals surface area (Å²) in [6.45, 7) is 9.21. The lowest BCUT2D eigenvalue weighted by Gasteiger charge is -2.16. The van der Waals surface area contributed by atoms with E-state index in [1.807, 2.05) is 10.9 Å².